The second-order valence-electron chi connectivity index (χ2n) is 4.41. The van der Waals surface area contributed by atoms with Crippen LogP contribution in [0, 0.1) is 25.5 Å². The summed E-state index contributed by atoms with van der Waals surface area (Å²) in [5.41, 5.74) is 3.59. The minimum atomic E-state index is -0.445. The van der Waals surface area contributed by atoms with Crippen LogP contribution >= 0.6 is 0 Å². The monoisotopic (exact) mass is 247 g/mol. The third-order valence-electron chi connectivity index (χ3n) is 2.90. The summed E-state index contributed by atoms with van der Waals surface area (Å²) in [5.74, 6) is -0.888. The largest absolute Gasteiger partial charge is 0.379 e. The maximum absolute atomic E-state index is 13.4. The van der Waals surface area contributed by atoms with E-state index in [9.17, 15) is 8.78 Å². The Labute approximate surface area is 105 Å². The molecule has 94 valence electrons. The van der Waals surface area contributed by atoms with E-state index < -0.39 is 11.6 Å². The van der Waals surface area contributed by atoms with Crippen molar-refractivity contribution in [3.8, 4) is 0 Å². The summed E-state index contributed by atoms with van der Waals surface area (Å²) in [6, 6.07) is 9.47. The third-order valence-corrected chi connectivity index (χ3v) is 2.90. The lowest BCUT2D eigenvalue weighted by Crippen LogP contribution is -2.03. The summed E-state index contributed by atoms with van der Waals surface area (Å²) in [5, 5.41) is 2.92. The summed E-state index contributed by atoms with van der Waals surface area (Å²) in [7, 11) is 0. The highest BCUT2D eigenvalue weighted by Gasteiger charge is 2.04. The maximum Gasteiger partial charge on any atom is 0.146 e. The number of anilines is 1. The Kier molecular flexibility index (Phi) is 3.60. The Bertz CT molecular complexity index is 564. The van der Waals surface area contributed by atoms with Gasteiger partial charge in [0.15, 0.2) is 0 Å². The number of rotatable bonds is 3. The first-order chi connectivity index (χ1) is 8.56. The van der Waals surface area contributed by atoms with Crippen molar-refractivity contribution in [2.75, 3.05) is 5.32 Å². The van der Waals surface area contributed by atoms with Crippen molar-refractivity contribution in [3.05, 3.63) is 64.7 Å². The third kappa shape index (κ3) is 2.86. The molecule has 18 heavy (non-hydrogen) atoms. The molecule has 1 nitrogen and oxygen atoms in total. The lowest BCUT2D eigenvalue weighted by molar-refractivity contribution is 0.602. The Balaban J connectivity index is 2.13. The van der Waals surface area contributed by atoms with E-state index >= 15 is 0 Å². The van der Waals surface area contributed by atoms with Crippen molar-refractivity contribution in [1.82, 2.24) is 0 Å². The number of aryl methyl sites for hydroxylation is 2. The Morgan fingerprint density at radius 3 is 2.50 bits per heavy atom. The number of halogens is 2. The smallest absolute Gasteiger partial charge is 0.146 e. The average Bonchev–Trinajstić information content (AvgIpc) is 2.32. The molecule has 0 atom stereocenters. The molecule has 0 aliphatic heterocycles. The van der Waals surface area contributed by atoms with Crippen molar-refractivity contribution in [2.24, 2.45) is 0 Å². The predicted octanol–water partition coefficient (Wildman–Crippen LogP) is 4.19. The molecule has 1 N–H and O–H groups in total. The maximum atomic E-state index is 13.4. The second-order valence-corrected chi connectivity index (χ2v) is 4.41. The number of benzene rings is 2. The van der Waals surface area contributed by atoms with E-state index in [1.54, 1.807) is 0 Å². The molecule has 0 aromatic heterocycles. The van der Waals surface area contributed by atoms with Crippen LogP contribution < -0.4 is 5.32 Å². The van der Waals surface area contributed by atoms with Gasteiger partial charge in [-0.1, -0.05) is 23.8 Å². The van der Waals surface area contributed by atoms with E-state index in [0.717, 1.165) is 23.3 Å². The summed E-state index contributed by atoms with van der Waals surface area (Å²) >= 11 is 0. The van der Waals surface area contributed by atoms with Gasteiger partial charge in [0.05, 0.1) is 5.69 Å². The topological polar surface area (TPSA) is 12.0 Å². The van der Waals surface area contributed by atoms with E-state index in [1.165, 1.54) is 11.6 Å². The van der Waals surface area contributed by atoms with Gasteiger partial charge in [-0.15, -0.1) is 0 Å². The van der Waals surface area contributed by atoms with Gasteiger partial charge in [0.2, 0.25) is 0 Å². The fourth-order valence-electron chi connectivity index (χ4n) is 1.87. The fourth-order valence-corrected chi connectivity index (χ4v) is 1.87. The van der Waals surface area contributed by atoms with Crippen LogP contribution in [0.4, 0.5) is 14.5 Å². The molecule has 0 radical (unpaired) electrons. The highest BCUT2D eigenvalue weighted by atomic mass is 19.1. The van der Waals surface area contributed by atoms with Crippen molar-refractivity contribution in [1.29, 1.82) is 0 Å². The minimum Gasteiger partial charge on any atom is -0.379 e. The van der Waals surface area contributed by atoms with E-state index in [2.05, 4.69) is 11.4 Å². The molecule has 0 heterocycles. The van der Waals surface area contributed by atoms with E-state index in [0.29, 0.717) is 6.54 Å². The molecule has 0 fully saturated rings. The quantitative estimate of drug-likeness (QED) is 0.857. The van der Waals surface area contributed by atoms with Crippen molar-refractivity contribution in [3.63, 3.8) is 0 Å². The van der Waals surface area contributed by atoms with Crippen molar-refractivity contribution < 1.29 is 8.78 Å². The molecule has 0 saturated carbocycles. The van der Waals surface area contributed by atoms with Crippen LogP contribution in [-0.2, 0) is 6.54 Å². The van der Waals surface area contributed by atoms with Gasteiger partial charge in [-0.3, -0.25) is 0 Å². The second kappa shape index (κ2) is 5.17. The van der Waals surface area contributed by atoms with Gasteiger partial charge in [-0.25, -0.2) is 8.78 Å². The normalized spacial score (nSPS) is 10.4. The molecule has 0 amide bonds. The molecule has 2 rings (SSSR count). The Morgan fingerprint density at radius 2 is 1.78 bits per heavy atom. The van der Waals surface area contributed by atoms with Gasteiger partial charge < -0.3 is 5.32 Å². The van der Waals surface area contributed by atoms with Crippen LogP contribution in [0.2, 0.25) is 0 Å². The van der Waals surface area contributed by atoms with Crippen LogP contribution in [0.3, 0.4) is 0 Å². The zero-order valence-electron chi connectivity index (χ0n) is 10.4. The molecular formula is C15H15F2N. The van der Waals surface area contributed by atoms with Crippen LogP contribution in [0.25, 0.3) is 0 Å². The Hall–Kier alpha value is -1.90. The zero-order chi connectivity index (χ0) is 13.1. The van der Waals surface area contributed by atoms with Gasteiger partial charge in [0.25, 0.3) is 0 Å². The lowest BCUT2D eigenvalue weighted by Gasteiger charge is -2.10. The molecule has 0 aliphatic rings. The number of hydrogen-bond donors (Lipinski definition) is 1. The predicted molar refractivity (Wildman–Crippen MR) is 69.6 cm³/mol. The lowest BCUT2D eigenvalue weighted by atomic mass is 10.1. The molecule has 0 saturated heterocycles. The van der Waals surface area contributed by atoms with Crippen LogP contribution in [0.1, 0.15) is 16.7 Å². The van der Waals surface area contributed by atoms with Crippen molar-refractivity contribution in [2.45, 2.75) is 20.4 Å². The molecule has 0 bridgehead atoms. The summed E-state index contributed by atoms with van der Waals surface area (Å²) in [4.78, 5) is 0. The molecule has 0 spiro atoms. The standard InChI is InChI=1S/C15H15F2N/c1-10-3-4-12(11(2)7-10)9-18-15-8-13(16)5-6-14(15)17/h3-8,18H,9H2,1-2H3. The van der Waals surface area contributed by atoms with Crippen LogP contribution in [0.15, 0.2) is 36.4 Å². The molecule has 0 unspecified atom stereocenters. The van der Waals surface area contributed by atoms with Crippen LogP contribution in [-0.4, -0.2) is 0 Å². The average molecular weight is 247 g/mol. The SMILES string of the molecule is Cc1ccc(CNc2cc(F)ccc2F)c(C)c1. The van der Waals surface area contributed by atoms with E-state index in [4.69, 9.17) is 0 Å². The molecular weight excluding hydrogens is 232 g/mol. The fraction of sp³-hybridized carbons (Fsp3) is 0.200. The molecule has 2 aromatic rings. The highest BCUT2D eigenvalue weighted by Crippen LogP contribution is 2.18. The number of hydrogen-bond acceptors (Lipinski definition) is 1. The molecule has 3 heteroatoms. The Morgan fingerprint density at radius 1 is 1.00 bits per heavy atom. The van der Waals surface area contributed by atoms with Gasteiger partial charge >= 0.3 is 0 Å². The van der Waals surface area contributed by atoms with Gasteiger partial charge in [0, 0.05) is 6.54 Å². The van der Waals surface area contributed by atoms with Gasteiger partial charge in [-0.05, 0) is 43.2 Å². The van der Waals surface area contributed by atoms with Crippen molar-refractivity contribution >= 4 is 5.69 Å². The number of nitrogens with one attached hydrogen (secondary N) is 1. The summed E-state index contributed by atoms with van der Waals surface area (Å²) < 4.78 is 26.4. The first kappa shape index (κ1) is 12.6. The van der Waals surface area contributed by atoms with Crippen LogP contribution in [0.5, 0.6) is 0 Å². The van der Waals surface area contributed by atoms with Gasteiger partial charge in [-0.2, -0.15) is 0 Å². The molecule has 2 aromatic carbocycles. The van der Waals surface area contributed by atoms with E-state index in [1.807, 2.05) is 26.0 Å². The summed E-state index contributed by atoms with van der Waals surface area (Å²) in [6.45, 7) is 4.51. The highest BCUT2D eigenvalue weighted by molar-refractivity contribution is 5.46. The first-order valence-corrected chi connectivity index (χ1v) is 5.81. The minimum absolute atomic E-state index is 0.190. The summed E-state index contributed by atoms with van der Waals surface area (Å²) in [6.07, 6.45) is 0. The van der Waals surface area contributed by atoms with Gasteiger partial charge in [0.1, 0.15) is 11.6 Å². The molecule has 0 aliphatic carbocycles. The zero-order valence-corrected chi connectivity index (χ0v) is 10.4. The first-order valence-electron chi connectivity index (χ1n) is 5.81. The van der Waals surface area contributed by atoms with E-state index in [-0.39, 0.29) is 5.69 Å².